The van der Waals surface area contributed by atoms with Gasteiger partial charge in [-0.3, -0.25) is 0 Å². The lowest BCUT2D eigenvalue weighted by atomic mass is 10.1. The topological polar surface area (TPSA) is 12.0 Å². The van der Waals surface area contributed by atoms with Crippen molar-refractivity contribution in [3.8, 4) is 0 Å². The first-order chi connectivity index (χ1) is 7.78. The van der Waals surface area contributed by atoms with Crippen molar-refractivity contribution in [2.75, 3.05) is 5.32 Å². The minimum atomic E-state index is -0.0368. The van der Waals surface area contributed by atoms with Crippen LogP contribution in [0.15, 0.2) is 59.5 Å². The Morgan fingerprint density at radius 1 is 0.938 bits per heavy atom. The van der Waals surface area contributed by atoms with Crippen molar-refractivity contribution in [2.45, 2.75) is 16.7 Å². The van der Waals surface area contributed by atoms with Gasteiger partial charge in [0, 0.05) is 10.6 Å². The van der Waals surface area contributed by atoms with E-state index in [4.69, 9.17) is 0 Å². The fraction of sp³-hybridized carbons (Fsp3) is 0.143. The maximum atomic E-state index is 3.59. The fourth-order valence-electron chi connectivity index (χ4n) is 2.05. The molecule has 80 valence electrons. The van der Waals surface area contributed by atoms with E-state index in [1.165, 1.54) is 16.1 Å². The van der Waals surface area contributed by atoms with Crippen molar-refractivity contribution >= 4 is 17.4 Å². The number of thioether (sulfide) groups is 1. The van der Waals surface area contributed by atoms with Gasteiger partial charge < -0.3 is 5.32 Å². The number of anilines is 1. The van der Waals surface area contributed by atoms with E-state index in [1.54, 1.807) is 0 Å². The lowest BCUT2D eigenvalue weighted by molar-refractivity contribution is 0.816. The molecular weight excluding hydrogens is 214 g/mol. The molecule has 1 atom stereocenters. The molecule has 1 unspecified atom stereocenters. The molecule has 2 aromatic rings. The molecule has 2 aromatic carbocycles. The normalized spacial score (nSPS) is 22.6. The highest BCUT2D eigenvalue weighted by molar-refractivity contribution is 8.00. The Morgan fingerprint density at radius 3 is 2.38 bits per heavy atom. The Morgan fingerprint density at radius 2 is 1.62 bits per heavy atom. The van der Waals surface area contributed by atoms with Crippen LogP contribution in [-0.2, 0) is 4.87 Å². The molecule has 0 saturated heterocycles. The lowest BCUT2D eigenvalue weighted by Crippen LogP contribution is -2.23. The highest BCUT2D eigenvalue weighted by Gasteiger charge is 2.34. The first-order valence-corrected chi connectivity index (χ1v) is 6.21. The molecule has 0 saturated carbocycles. The van der Waals surface area contributed by atoms with E-state index in [9.17, 15) is 0 Å². The average molecular weight is 227 g/mol. The number of rotatable bonds is 1. The Hall–Kier alpha value is -1.41. The molecule has 0 bridgehead atoms. The summed E-state index contributed by atoms with van der Waals surface area (Å²) in [5.41, 5.74) is 2.55. The summed E-state index contributed by atoms with van der Waals surface area (Å²) in [5.74, 6) is 0. The molecule has 0 radical (unpaired) electrons. The molecule has 16 heavy (non-hydrogen) atoms. The molecule has 1 aliphatic rings. The van der Waals surface area contributed by atoms with Crippen molar-refractivity contribution in [3.05, 3.63) is 60.2 Å². The molecule has 0 aromatic heterocycles. The Bertz CT molecular complexity index is 482. The van der Waals surface area contributed by atoms with Gasteiger partial charge in [0.15, 0.2) is 0 Å². The third kappa shape index (κ3) is 1.50. The van der Waals surface area contributed by atoms with Gasteiger partial charge in [0.2, 0.25) is 0 Å². The van der Waals surface area contributed by atoms with Crippen LogP contribution in [0, 0.1) is 0 Å². The summed E-state index contributed by atoms with van der Waals surface area (Å²) in [4.78, 5) is 1.29. The van der Waals surface area contributed by atoms with Crippen molar-refractivity contribution in [2.24, 2.45) is 0 Å². The first-order valence-electron chi connectivity index (χ1n) is 5.40. The molecule has 1 N–H and O–H groups in total. The van der Waals surface area contributed by atoms with Crippen molar-refractivity contribution in [3.63, 3.8) is 0 Å². The smallest absolute Gasteiger partial charge is 0.111 e. The van der Waals surface area contributed by atoms with Crippen LogP contribution in [0.2, 0.25) is 0 Å². The molecule has 0 fully saturated rings. The summed E-state index contributed by atoms with van der Waals surface area (Å²) in [5, 5.41) is 3.59. The fourth-order valence-corrected chi connectivity index (χ4v) is 3.28. The number of fused-ring (bicyclic) bond motifs is 1. The van der Waals surface area contributed by atoms with Crippen LogP contribution in [0.3, 0.4) is 0 Å². The molecular formula is C14H13NS. The van der Waals surface area contributed by atoms with Gasteiger partial charge >= 0.3 is 0 Å². The number of hydrogen-bond acceptors (Lipinski definition) is 2. The van der Waals surface area contributed by atoms with Crippen LogP contribution < -0.4 is 5.32 Å². The minimum Gasteiger partial charge on any atom is -0.366 e. The maximum absolute atomic E-state index is 3.59. The molecule has 2 heteroatoms. The summed E-state index contributed by atoms with van der Waals surface area (Å²) in [6.45, 7) is 2.23. The SMILES string of the molecule is CC1(c2ccccc2)Nc2ccccc2S1. The molecule has 0 spiro atoms. The molecule has 0 amide bonds. The van der Waals surface area contributed by atoms with E-state index in [1.807, 2.05) is 11.8 Å². The molecule has 1 nitrogen and oxygen atoms in total. The Balaban J connectivity index is 2.01. The average Bonchev–Trinajstić information content (AvgIpc) is 2.68. The quantitative estimate of drug-likeness (QED) is 0.788. The largest absolute Gasteiger partial charge is 0.366 e. The predicted molar refractivity (Wildman–Crippen MR) is 69.7 cm³/mol. The van der Waals surface area contributed by atoms with E-state index in [2.05, 4.69) is 66.8 Å². The lowest BCUT2D eigenvalue weighted by Gasteiger charge is -2.24. The van der Waals surface area contributed by atoms with E-state index in [0.717, 1.165) is 0 Å². The van der Waals surface area contributed by atoms with Gasteiger partial charge in [0.05, 0.1) is 0 Å². The number of para-hydroxylation sites is 1. The van der Waals surface area contributed by atoms with Crippen LogP contribution >= 0.6 is 11.8 Å². The van der Waals surface area contributed by atoms with Crippen molar-refractivity contribution < 1.29 is 0 Å². The highest BCUT2D eigenvalue weighted by atomic mass is 32.2. The molecule has 3 rings (SSSR count). The predicted octanol–water partition coefficient (Wildman–Crippen LogP) is 4.08. The van der Waals surface area contributed by atoms with Gasteiger partial charge in [0.1, 0.15) is 4.87 Å². The van der Waals surface area contributed by atoms with Gasteiger partial charge in [-0.2, -0.15) is 0 Å². The summed E-state index contributed by atoms with van der Waals surface area (Å²) in [6.07, 6.45) is 0. The van der Waals surface area contributed by atoms with E-state index in [-0.39, 0.29) is 4.87 Å². The summed E-state index contributed by atoms with van der Waals surface area (Å²) < 4.78 is 0. The van der Waals surface area contributed by atoms with E-state index < -0.39 is 0 Å². The zero-order valence-corrected chi connectivity index (χ0v) is 9.92. The number of hydrogen-bond donors (Lipinski definition) is 1. The first kappa shape index (κ1) is 9.79. The van der Waals surface area contributed by atoms with Gasteiger partial charge in [-0.05, 0) is 24.6 Å². The second-order valence-corrected chi connectivity index (χ2v) is 5.58. The monoisotopic (exact) mass is 227 g/mol. The van der Waals surface area contributed by atoms with Crippen molar-refractivity contribution in [1.82, 2.24) is 0 Å². The molecule has 1 heterocycles. The maximum Gasteiger partial charge on any atom is 0.111 e. The zero-order valence-electron chi connectivity index (χ0n) is 9.10. The van der Waals surface area contributed by atoms with Crippen LogP contribution in [0.25, 0.3) is 0 Å². The third-order valence-electron chi connectivity index (χ3n) is 2.90. The summed E-state index contributed by atoms with van der Waals surface area (Å²) >= 11 is 1.88. The van der Waals surface area contributed by atoms with Crippen LogP contribution in [0.1, 0.15) is 12.5 Å². The molecule has 1 aliphatic heterocycles. The van der Waals surface area contributed by atoms with Crippen LogP contribution in [0.5, 0.6) is 0 Å². The number of benzene rings is 2. The summed E-state index contributed by atoms with van der Waals surface area (Å²) in [6, 6.07) is 19.0. The highest BCUT2D eigenvalue weighted by Crippen LogP contribution is 2.50. The summed E-state index contributed by atoms with van der Waals surface area (Å²) in [7, 11) is 0. The standard InChI is InChI=1S/C14H13NS/c1-14(11-7-3-2-4-8-11)15-12-9-5-6-10-13(12)16-14/h2-10,15H,1H3. The van der Waals surface area contributed by atoms with Gasteiger partial charge in [-0.15, -0.1) is 0 Å². The molecule has 0 aliphatic carbocycles. The van der Waals surface area contributed by atoms with Gasteiger partial charge in [0.25, 0.3) is 0 Å². The van der Waals surface area contributed by atoms with E-state index in [0.29, 0.717) is 0 Å². The van der Waals surface area contributed by atoms with Gasteiger partial charge in [-0.1, -0.05) is 54.2 Å². The second-order valence-electron chi connectivity index (χ2n) is 4.12. The Labute approximate surface area is 99.9 Å². The Kier molecular flexibility index (Phi) is 2.18. The third-order valence-corrected chi connectivity index (χ3v) is 4.22. The zero-order chi connectivity index (χ0) is 11.0. The van der Waals surface area contributed by atoms with Crippen LogP contribution in [0.4, 0.5) is 5.69 Å². The van der Waals surface area contributed by atoms with E-state index >= 15 is 0 Å². The number of nitrogens with one attached hydrogen (secondary N) is 1. The minimum absolute atomic E-state index is 0.0368. The van der Waals surface area contributed by atoms with Gasteiger partial charge in [-0.25, -0.2) is 0 Å². The second kappa shape index (κ2) is 3.56. The van der Waals surface area contributed by atoms with Crippen molar-refractivity contribution in [1.29, 1.82) is 0 Å². The van der Waals surface area contributed by atoms with Crippen LogP contribution in [-0.4, -0.2) is 0 Å².